The van der Waals surface area contributed by atoms with Gasteiger partial charge in [0.2, 0.25) is 0 Å². The molecule has 5 rings (SSSR count). The number of hydrogen-bond donors (Lipinski definition) is 3. The summed E-state index contributed by atoms with van der Waals surface area (Å²) in [6.45, 7) is 5.38. The molecular weight excluding hydrogens is 492 g/mol. The van der Waals surface area contributed by atoms with E-state index in [1.807, 2.05) is 44.2 Å². The molecule has 7 nitrogen and oxygen atoms in total. The lowest BCUT2D eigenvalue weighted by Crippen LogP contribution is -2.41. The number of pyridine rings is 1. The number of amides is 1. The third-order valence-corrected chi connectivity index (χ3v) is 6.91. The van der Waals surface area contributed by atoms with Crippen LogP contribution in [0.3, 0.4) is 0 Å². The number of Topliss-reactive ketones (excluding diaryl/α,β-unsaturated/α-hetero) is 1. The Morgan fingerprint density at radius 3 is 2.23 bits per heavy atom. The highest BCUT2D eigenvalue weighted by Gasteiger charge is 2.39. The molecule has 1 aromatic heterocycles. The van der Waals surface area contributed by atoms with Crippen LogP contribution in [-0.2, 0) is 11.2 Å². The number of carboxylic acid groups (broad SMARTS) is 1. The van der Waals surface area contributed by atoms with Gasteiger partial charge in [-0.05, 0) is 78.6 Å². The lowest BCUT2D eigenvalue weighted by Gasteiger charge is -2.16. The van der Waals surface area contributed by atoms with Gasteiger partial charge in [0.05, 0.1) is 17.1 Å². The molecule has 0 bridgehead atoms. The van der Waals surface area contributed by atoms with Crippen LogP contribution in [-0.4, -0.2) is 38.9 Å². The van der Waals surface area contributed by atoms with Gasteiger partial charge in [-0.15, -0.1) is 0 Å². The third kappa shape index (κ3) is 6.32. The Kier molecular flexibility index (Phi) is 8.39. The number of nitrogens with one attached hydrogen (secondary N) is 1. The number of aromatic hydroxyl groups is 1. The largest absolute Gasteiger partial charge is 0.508 e. The van der Waals surface area contributed by atoms with Gasteiger partial charge in [-0.3, -0.25) is 9.59 Å². The second-order valence-electron chi connectivity index (χ2n) is 9.50. The van der Waals surface area contributed by atoms with Crippen LogP contribution in [0.15, 0.2) is 78.9 Å². The molecule has 39 heavy (non-hydrogen) atoms. The predicted molar refractivity (Wildman–Crippen MR) is 150 cm³/mol. The smallest absolute Gasteiger partial charge is 0.336 e. The maximum atomic E-state index is 13.0. The Balaban J connectivity index is 0.00000172. The van der Waals surface area contributed by atoms with E-state index < -0.39 is 17.9 Å². The number of aromatic carboxylic acids is 1. The van der Waals surface area contributed by atoms with E-state index in [0.29, 0.717) is 22.7 Å². The molecule has 3 N–H and O–H groups in total. The van der Waals surface area contributed by atoms with Gasteiger partial charge in [0.25, 0.3) is 5.91 Å². The molecule has 1 saturated carbocycles. The van der Waals surface area contributed by atoms with Gasteiger partial charge in [-0.1, -0.05) is 62.4 Å². The molecule has 4 aromatic rings. The van der Waals surface area contributed by atoms with Crippen molar-refractivity contribution in [3.05, 3.63) is 107 Å². The second kappa shape index (κ2) is 11.9. The van der Waals surface area contributed by atoms with E-state index in [1.165, 1.54) is 30.7 Å². The zero-order chi connectivity index (χ0) is 28.1. The molecule has 0 spiro atoms. The van der Waals surface area contributed by atoms with E-state index in [9.17, 15) is 24.6 Å². The first-order valence-corrected chi connectivity index (χ1v) is 13.1. The first kappa shape index (κ1) is 27.5. The third-order valence-electron chi connectivity index (χ3n) is 6.91. The van der Waals surface area contributed by atoms with Crippen molar-refractivity contribution in [1.29, 1.82) is 0 Å². The molecule has 1 aliphatic rings. The Morgan fingerprint density at radius 2 is 1.59 bits per heavy atom. The van der Waals surface area contributed by atoms with Crippen LogP contribution in [0.2, 0.25) is 0 Å². The van der Waals surface area contributed by atoms with Crippen molar-refractivity contribution < 1.29 is 24.6 Å². The SMILES string of the molecule is CC.CC(=O)C(Cc1ccc(O)cc1)NC(=O)c1cc(C(=O)O)c2cc(C3CC3c3ccccc3)ccc2n1. The van der Waals surface area contributed by atoms with E-state index in [2.05, 4.69) is 22.4 Å². The number of phenolic OH excluding ortho intramolecular Hbond substituents is 1. The highest BCUT2D eigenvalue weighted by atomic mass is 16.4. The van der Waals surface area contributed by atoms with Gasteiger partial charge >= 0.3 is 5.97 Å². The van der Waals surface area contributed by atoms with Gasteiger partial charge in [0, 0.05) is 5.39 Å². The van der Waals surface area contributed by atoms with Crippen LogP contribution in [0.25, 0.3) is 10.9 Å². The first-order valence-electron chi connectivity index (χ1n) is 13.1. The average Bonchev–Trinajstić information content (AvgIpc) is 3.75. The summed E-state index contributed by atoms with van der Waals surface area (Å²) in [4.78, 5) is 41.8. The number of benzene rings is 3. The number of hydrogen-bond acceptors (Lipinski definition) is 5. The standard InChI is InChI=1S/C30H26N2O5.C2H6/c1-17(33)27(13-18-7-10-21(34)11-8-18)32-29(35)28-16-25(30(36)37)24-14-20(9-12-26(24)31-28)23-15-22(23)19-5-3-2-4-6-19;1-2/h2-12,14,16,22-23,27,34H,13,15H2,1H3,(H,32,35)(H,36,37);1-2H3. The lowest BCUT2D eigenvalue weighted by molar-refractivity contribution is -0.118. The average molecular weight is 525 g/mol. The molecule has 3 atom stereocenters. The molecule has 3 aromatic carbocycles. The van der Waals surface area contributed by atoms with Gasteiger partial charge in [-0.25, -0.2) is 9.78 Å². The second-order valence-corrected chi connectivity index (χ2v) is 9.50. The molecule has 0 aliphatic heterocycles. The molecule has 200 valence electrons. The van der Waals surface area contributed by atoms with Crippen molar-refractivity contribution in [1.82, 2.24) is 10.3 Å². The Hall–Kier alpha value is -4.52. The zero-order valence-electron chi connectivity index (χ0n) is 22.2. The molecule has 1 fully saturated rings. The van der Waals surface area contributed by atoms with Crippen LogP contribution >= 0.6 is 0 Å². The number of rotatable bonds is 8. The van der Waals surface area contributed by atoms with Crippen LogP contribution in [0.5, 0.6) is 5.75 Å². The predicted octanol–water partition coefficient (Wildman–Crippen LogP) is 5.87. The highest BCUT2D eigenvalue weighted by molar-refractivity contribution is 6.06. The van der Waals surface area contributed by atoms with E-state index in [0.717, 1.165) is 17.5 Å². The van der Waals surface area contributed by atoms with Crippen LogP contribution in [0.1, 0.15) is 76.6 Å². The first-order chi connectivity index (χ1) is 18.8. The molecule has 1 heterocycles. The minimum Gasteiger partial charge on any atom is -0.508 e. The Labute approximate surface area is 227 Å². The normalized spacial score (nSPS) is 16.5. The van der Waals surface area contributed by atoms with E-state index in [-0.39, 0.29) is 29.2 Å². The van der Waals surface area contributed by atoms with Crippen LogP contribution < -0.4 is 5.32 Å². The van der Waals surface area contributed by atoms with E-state index >= 15 is 0 Å². The highest BCUT2D eigenvalue weighted by Crippen LogP contribution is 2.54. The van der Waals surface area contributed by atoms with Crippen LogP contribution in [0, 0.1) is 0 Å². The number of aromatic nitrogens is 1. The fraction of sp³-hybridized carbons (Fsp3) is 0.250. The molecule has 0 radical (unpaired) electrons. The molecule has 0 saturated heterocycles. The van der Waals surface area contributed by atoms with Gasteiger partial charge in [0.15, 0.2) is 5.78 Å². The molecule has 7 heteroatoms. The van der Waals surface area contributed by atoms with Gasteiger partial charge < -0.3 is 15.5 Å². The van der Waals surface area contributed by atoms with E-state index in [4.69, 9.17) is 0 Å². The minimum absolute atomic E-state index is 0.00757. The molecule has 3 unspecified atom stereocenters. The van der Waals surface area contributed by atoms with Crippen molar-refractivity contribution in [3.8, 4) is 5.75 Å². The number of phenols is 1. The molecular formula is C32H32N2O5. The quantitative estimate of drug-likeness (QED) is 0.266. The number of carboxylic acids is 1. The summed E-state index contributed by atoms with van der Waals surface area (Å²) in [7, 11) is 0. The summed E-state index contributed by atoms with van der Waals surface area (Å²) < 4.78 is 0. The summed E-state index contributed by atoms with van der Waals surface area (Å²) in [5.41, 5.74) is 3.41. The van der Waals surface area contributed by atoms with Crippen molar-refractivity contribution in [2.24, 2.45) is 0 Å². The minimum atomic E-state index is -1.15. The van der Waals surface area contributed by atoms with E-state index in [1.54, 1.807) is 18.2 Å². The topological polar surface area (TPSA) is 117 Å². The van der Waals surface area contributed by atoms with Gasteiger partial charge in [0.1, 0.15) is 11.4 Å². The summed E-state index contributed by atoms with van der Waals surface area (Å²) in [5.74, 6) is -1.20. The maximum absolute atomic E-state index is 13.0. The summed E-state index contributed by atoms with van der Waals surface area (Å²) in [6.07, 6.45) is 1.23. The lowest BCUT2D eigenvalue weighted by atomic mass is 9.99. The van der Waals surface area contributed by atoms with Crippen molar-refractivity contribution >= 4 is 28.6 Å². The number of nitrogens with zero attached hydrogens (tertiary/aromatic N) is 1. The zero-order valence-corrected chi connectivity index (χ0v) is 22.2. The Morgan fingerprint density at radius 1 is 0.923 bits per heavy atom. The van der Waals surface area contributed by atoms with Crippen molar-refractivity contribution in [3.63, 3.8) is 0 Å². The maximum Gasteiger partial charge on any atom is 0.336 e. The number of ketones is 1. The monoisotopic (exact) mass is 524 g/mol. The number of carbonyl (C=O) groups excluding carboxylic acids is 2. The summed E-state index contributed by atoms with van der Waals surface area (Å²) in [5, 5.41) is 22.6. The van der Waals surface area contributed by atoms with Crippen molar-refractivity contribution in [2.75, 3.05) is 0 Å². The van der Waals surface area contributed by atoms with Crippen LogP contribution in [0.4, 0.5) is 0 Å². The molecule has 1 amide bonds. The van der Waals surface area contributed by atoms with Gasteiger partial charge in [-0.2, -0.15) is 0 Å². The molecule has 1 aliphatic carbocycles. The van der Waals surface area contributed by atoms with Crippen molar-refractivity contribution in [2.45, 2.75) is 51.5 Å². The fourth-order valence-corrected chi connectivity index (χ4v) is 4.80. The Bertz CT molecular complexity index is 1500. The number of carbonyl (C=O) groups is 3. The fourth-order valence-electron chi connectivity index (χ4n) is 4.80. The summed E-state index contributed by atoms with van der Waals surface area (Å²) in [6, 6.07) is 22.6. The number of fused-ring (bicyclic) bond motifs is 1. The summed E-state index contributed by atoms with van der Waals surface area (Å²) >= 11 is 0.